The number of halogens is 1. The van der Waals surface area contributed by atoms with E-state index in [1.807, 2.05) is 43.3 Å². The van der Waals surface area contributed by atoms with E-state index < -0.39 is 5.91 Å². The van der Waals surface area contributed by atoms with Gasteiger partial charge in [0.1, 0.15) is 35.5 Å². The molecule has 3 aromatic carbocycles. The van der Waals surface area contributed by atoms with Crippen molar-refractivity contribution >= 4 is 27.9 Å². The van der Waals surface area contributed by atoms with Crippen molar-refractivity contribution in [2.45, 2.75) is 20.1 Å². The predicted octanol–water partition coefficient (Wildman–Crippen LogP) is 5.58. The lowest BCUT2D eigenvalue weighted by atomic mass is 10.1. The minimum atomic E-state index is -0.495. The van der Waals surface area contributed by atoms with E-state index in [1.54, 1.807) is 38.5 Å². The molecule has 0 atom stereocenters. The van der Waals surface area contributed by atoms with Crippen LogP contribution in [-0.4, -0.2) is 20.1 Å². The fraction of sp³-hybridized carbons (Fsp3) is 0.185. The Bertz CT molecular complexity index is 1250. The first-order chi connectivity index (χ1) is 16.4. The maximum absolute atomic E-state index is 12.8. The lowest BCUT2D eigenvalue weighted by Crippen LogP contribution is -2.24. The Morgan fingerprint density at radius 2 is 1.88 bits per heavy atom. The average molecular weight is 521 g/mol. The Kier molecular flexibility index (Phi) is 8.72. The first-order valence-electron chi connectivity index (χ1n) is 10.5. The molecule has 0 unspecified atom stereocenters. The molecule has 0 bridgehead atoms. The first kappa shape index (κ1) is 24.9. The number of hydrogen-bond acceptors (Lipinski definition) is 5. The molecular weight excluding hydrogens is 496 g/mol. The number of benzene rings is 3. The molecule has 0 aliphatic heterocycles. The monoisotopic (exact) mass is 520 g/mol. The van der Waals surface area contributed by atoms with Crippen LogP contribution < -0.4 is 19.5 Å². The van der Waals surface area contributed by atoms with Crippen molar-refractivity contribution in [3.8, 4) is 23.3 Å². The second kappa shape index (κ2) is 11.9. The van der Waals surface area contributed by atoms with Crippen molar-refractivity contribution in [2.24, 2.45) is 0 Å². The molecule has 3 rings (SSSR count). The quantitative estimate of drug-likeness (QED) is 0.294. The summed E-state index contributed by atoms with van der Waals surface area (Å²) in [5.74, 6) is 1.31. The van der Waals surface area contributed by atoms with Gasteiger partial charge in [0.05, 0.1) is 14.2 Å². The molecule has 3 aromatic rings. The number of nitriles is 1. The topological polar surface area (TPSA) is 80.6 Å². The van der Waals surface area contributed by atoms with Crippen LogP contribution in [0.4, 0.5) is 0 Å². The van der Waals surface area contributed by atoms with Crippen LogP contribution in [0, 0.1) is 18.3 Å². The Hall–Kier alpha value is -3.76. The third-order valence-electron chi connectivity index (χ3n) is 5.05. The maximum atomic E-state index is 12.8. The molecule has 0 radical (unpaired) electrons. The number of amides is 1. The number of ether oxygens (including phenoxy) is 3. The smallest absolute Gasteiger partial charge is 0.262 e. The molecule has 1 amide bonds. The number of methoxy groups -OCH3 is 2. The third-order valence-corrected chi connectivity index (χ3v) is 5.54. The van der Waals surface area contributed by atoms with Crippen LogP contribution in [0.2, 0.25) is 0 Å². The third kappa shape index (κ3) is 6.63. The van der Waals surface area contributed by atoms with E-state index in [2.05, 4.69) is 27.3 Å². The molecule has 34 heavy (non-hydrogen) atoms. The van der Waals surface area contributed by atoms with E-state index in [0.29, 0.717) is 29.4 Å². The summed E-state index contributed by atoms with van der Waals surface area (Å²) >= 11 is 3.45. The van der Waals surface area contributed by atoms with Crippen molar-refractivity contribution in [2.75, 3.05) is 14.2 Å². The van der Waals surface area contributed by atoms with Crippen LogP contribution in [0.15, 0.2) is 70.7 Å². The molecule has 174 valence electrons. The summed E-state index contributed by atoms with van der Waals surface area (Å²) in [6.45, 7) is 2.59. The molecule has 0 heterocycles. The van der Waals surface area contributed by atoms with E-state index in [4.69, 9.17) is 14.2 Å². The zero-order chi connectivity index (χ0) is 24.5. The second-order valence-corrected chi connectivity index (χ2v) is 8.41. The standard InChI is InChI=1S/C27H25BrN2O4/c1-18-5-4-6-19(11-18)17-34-25-10-8-23(28)13-21(25)12-22(15-29)27(31)30-16-20-7-9-24(32-2)14-26(20)33-3/h4-14H,16-17H2,1-3H3,(H,30,31)/b22-12+. The number of hydrogen-bond donors (Lipinski definition) is 1. The van der Waals surface area contributed by atoms with Crippen molar-refractivity contribution in [1.82, 2.24) is 5.32 Å². The van der Waals surface area contributed by atoms with Gasteiger partial charge in [0.15, 0.2) is 0 Å². The van der Waals surface area contributed by atoms with E-state index >= 15 is 0 Å². The zero-order valence-electron chi connectivity index (χ0n) is 19.2. The number of nitrogens with one attached hydrogen (secondary N) is 1. The SMILES string of the molecule is COc1ccc(CNC(=O)/C(C#N)=C/c2cc(Br)ccc2OCc2cccc(C)c2)c(OC)c1. The lowest BCUT2D eigenvalue weighted by molar-refractivity contribution is -0.117. The van der Waals surface area contributed by atoms with Gasteiger partial charge in [-0.25, -0.2) is 0 Å². The summed E-state index contributed by atoms with van der Waals surface area (Å²) in [5, 5.41) is 12.4. The summed E-state index contributed by atoms with van der Waals surface area (Å²) in [6, 6.07) is 20.8. The normalized spacial score (nSPS) is 10.9. The maximum Gasteiger partial charge on any atom is 0.262 e. The second-order valence-electron chi connectivity index (χ2n) is 7.49. The number of carbonyl (C=O) groups excluding carboxylic acids is 1. The van der Waals surface area contributed by atoms with Crippen molar-refractivity contribution in [3.05, 3.63) is 93.0 Å². The Labute approximate surface area is 207 Å². The number of nitrogens with zero attached hydrogens (tertiary/aromatic N) is 1. The van der Waals surface area contributed by atoms with E-state index in [0.717, 1.165) is 21.2 Å². The van der Waals surface area contributed by atoms with Crippen molar-refractivity contribution < 1.29 is 19.0 Å². The highest BCUT2D eigenvalue weighted by Gasteiger charge is 2.13. The van der Waals surface area contributed by atoms with Gasteiger partial charge in [0.25, 0.3) is 5.91 Å². The molecule has 0 aliphatic carbocycles. The summed E-state index contributed by atoms with van der Waals surface area (Å²) in [4.78, 5) is 12.8. The summed E-state index contributed by atoms with van der Waals surface area (Å²) in [5.41, 5.74) is 3.53. The van der Waals surface area contributed by atoms with Crippen LogP contribution >= 0.6 is 15.9 Å². The number of carbonyl (C=O) groups is 1. The van der Waals surface area contributed by atoms with E-state index in [-0.39, 0.29) is 12.1 Å². The largest absolute Gasteiger partial charge is 0.497 e. The molecule has 0 saturated heterocycles. The van der Waals surface area contributed by atoms with Gasteiger partial charge in [-0.05, 0) is 48.9 Å². The molecule has 0 spiro atoms. The predicted molar refractivity (Wildman–Crippen MR) is 135 cm³/mol. The van der Waals surface area contributed by atoms with Crippen LogP contribution in [0.3, 0.4) is 0 Å². The van der Waals surface area contributed by atoms with Gasteiger partial charge in [-0.1, -0.05) is 45.8 Å². The van der Waals surface area contributed by atoms with E-state index in [1.165, 1.54) is 6.08 Å². The fourth-order valence-electron chi connectivity index (χ4n) is 3.30. The molecule has 0 aromatic heterocycles. The van der Waals surface area contributed by atoms with Gasteiger partial charge in [0.2, 0.25) is 0 Å². The van der Waals surface area contributed by atoms with Gasteiger partial charge in [0, 0.05) is 28.2 Å². The highest BCUT2D eigenvalue weighted by atomic mass is 79.9. The van der Waals surface area contributed by atoms with Gasteiger partial charge in [-0.3, -0.25) is 4.79 Å². The van der Waals surface area contributed by atoms with Crippen molar-refractivity contribution in [3.63, 3.8) is 0 Å². The first-order valence-corrected chi connectivity index (χ1v) is 11.3. The Balaban J connectivity index is 1.77. The van der Waals surface area contributed by atoms with Crippen LogP contribution in [0.1, 0.15) is 22.3 Å². The van der Waals surface area contributed by atoms with Gasteiger partial charge >= 0.3 is 0 Å². The fourth-order valence-corrected chi connectivity index (χ4v) is 3.68. The highest BCUT2D eigenvalue weighted by Crippen LogP contribution is 2.27. The average Bonchev–Trinajstić information content (AvgIpc) is 2.85. The summed E-state index contributed by atoms with van der Waals surface area (Å²) in [6.07, 6.45) is 1.52. The zero-order valence-corrected chi connectivity index (χ0v) is 20.8. The van der Waals surface area contributed by atoms with Gasteiger partial charge in [-0.2, -0.15) is 5.26 Å². The van der Waals surface area contributed by atoms with Gasteiger partial charge in [-0.15, -0.1) is 0 Å². The van der Waals surface area contributed by atoms with Crippen molar-refractivity contribution in [1.29, 1.82) is 5.26 Å². The Morgan fingerprint density at radius 1 is 1.06 bits per heavy atom. The van der Waals surface area contributed by atoms with Crippen LogP contribution in [-0.2, 0) is 17.9 Å². The van der Waals surface area contributed by atoms with E-state index in [9.17, 15) is 10.1 Å². The minimum Gasteiger partial charge on any atom is -0.497 e. The molecule has 0 saturated carbocycles. The minimum absolute atomic E-state index is 0.0361. The molecule has 0 aliphatic rings. The van der Waals surface area contributed by atoms with Gasteiger partial charge < -0.3 is 19.5 Å². The molecule has 6 nitrogen and oxygen atoms in total. The summed E-state index contributed by atoms with van der Waals surface area (Å²) < 4.78 is 17.4. The van der Waals surface area contributed by atoms with Crippen LogP contribution in [0.5, 0.6) is 17.2 Å². The molecule has 0 fully saturated rings. The van der Waals surface area contributed by atoms with Crippen LogP contribution in [0.25, 0.3) is 6.08 Å². The Morgan fingerprint density at radius 3 is 2.59 bits per heavy atom. The number of aryl methyl sites for hydroxylation is 1. The lowest BCUT2D eigenvalue weighted by Gasteiger charge is -2.12. The molecule has 7 heteroatoms. The molecular formula is C27H25BrN2O4. The number of rotatable bonds is 9. The summed E-state index contributed by atoms with van der Waals surface area (Å²) in [7, 11) is 3.12. The highest BCUT2D eigenvalue weighted by molar-refractivity contribution is 9.10. The molecule has 1 N–H and O–H groups in total.